The third-order valence-electron chi connectivity index (χ3n) is 6.25. The number of rotatable bonds is 2. The van der Waals surface area contributed by atoms with Gasteiger partial charge in [0, 0.05) is 29.6 Å². The molecule has 10 heteroatoms. The van der Waals surface area contributed by atoms with Crippen molar-refractivity contribution < 1.29 is 31.8 Å². The zero-order valence-electron chi connectivity index (χ0n) is 17.7. The Balaban J connectivity index is 1.51. The number of nitrogens with two attached hydrogens (primary N) is 1. The van der Waals surface area contributed by atoms with E-state index in [4.69, 9.17) is 15.2 Å². The van der Waals surface area contributed by atoms with Crippen molar-refractivity contribution in [1.82, 2.24) is 9.88 Å². The number of halogens is 4. The van der Waals surface area contributed by atoms with Gasteiger partial charge in [0.05, 0.1) is 35.4 Å². The van der Waals surface area contributed by atoms with Crippen molar-refractivity contribution in [3.05, 3.63) is 64.0 Å². The Labute approximate surface area is 185 Å². The molecular weight excluding hydrogens is 442 g/mol. The Morgan fingerprint density at radius 1 is 1.24 bits per heavy atom. The van der Waals surface area contributed by atoms with Gasteiger partial charge in [0.2, 0.25) is 0 Å². The second-order valence-corrected chi connectivity index (χ2v) is 8.18. The zero-order chi connectivity index (χ0) is 23.7. The molecule has 3 heterocycles. The lowest BCUT2D eigenvalue weighted by Crippen LogP contribution is -2.32. The molecule has 0 saturated heterocycles. The van der Waals surface area contributed by atoms with Gasteiger partial charge in [0.25, 0.3) is 5.91 Å². The topological polar surface area (TPSA) is 77.7 Å². The van der Waals surface area contributed by atoms with Gasteiger partial charge in [-0.25, -0.2) is 9.37 Å². The first-order valence-electron chi connectivity index (χ1n) is 10.2. The first-order chi connectivity index (χ1) is 15.6. The van der Waals surface area contributed by atoms with Gasteiger partial charge in [0.15, 0.2) is 0 Å². The highest BCUT2D eigenvalue weighted by Gasteiger charge is 2.36. The molecular formula is C23H19F4N3O3. The van der Waals surface area contributed by atoms with Gasteiger partial charge < -0.3 is 20.1 Å². The molecule has 2 aromatic carbocycles. The predicted octanol–water partition coefficient (Wildman–Crippen LogP) is 4.77. The fourth-order valence-corrected chi connectivity index (χ4v) is 4.47. The Morgan fingerprint density at radius 3 is 2.73 bits per heavy atom. The maximum absolute atomic E-state index is 14.9. The first kappa shape index (κ1) is 21.4. The summed E-state index contributed by atoms with van der Waals surface area (Å²) in [6, 6.07) is 5.06. The number of aromatic nitrogens is 1. The molecule has 0 fully saturated rings. The molecule has 0 bridgehead atoms. The van der Waals surface area contributed by atoms with E-state index in [1.165, 1.54) is 24.1 Å². The number of nitrogens with zero attached hydrogens (tertiary/aromatic N) is 2. The molecule has 2 aliphatic rings. The van der Waals surface area contributed by atoms with E-state index in [-0.39, 0.29) is 36.4 Å². The fraction of sp³-hybridized carbons (Fsp3) is 0.304. The van der Waals surface area contributed by atoms with E-state index in [1.807, 2.05) is 6.92 Å². The Morgan fingerprint density at radius 2 is 2.00 bits per heavy atom. The molecule has 0 unspecified atom stereocenters. The average Bonchev–Trinajstić information content (AvgIpc) is 3.35. The number of nitrogen functional groups attached to an aromatic ring is 1. The van der Waals surface area contributed by atoms with Gasteiger partial charge in [0.1, 0.15) is 24.0 Å². The van der Waals surface area contributed by atoms with Crippen molar-refractivity contribution in [1.29, 1.82) is 0 Å². The van der Waals surface area contributed by atoms with Gasteiger partial charge in [-0.3, -0.25) is 4.79 Å². The molecule has 0 saturated carbocycles. The van der Waals surface area contributed by atoms with E-state index in [2.05, 4.69) is 4.98 Å². The molecule has 0 aliphatic carbocycles. The second-order valence-electron chi connectivity index (χ2n) is 8.18. The highest BCUT2D eigenvalue weighted by atomic mass is 19.4. The van der Waals surface area contributed by atoms with Crippen molar-refractivity contribution in [2.75, 3.05) is 19.4 Å². The molecule has 2 atom stereocenters. The van der Waals surface area contributed by atoms with Gasteiger partial charge in [-0.1, -0.05) is 6.07 Å². The van der Waals surface area contributed by atoms with Crippen LogP contribution in [0, 0.1) is 5.82 Å². The van der Waals surface area contributed by atoms with Crippen LogP contribution >= 0.6 is 0 Å². The van der Waals surface area contributed by atoms with Crippen molar-refractivity contribution in [2.45, 2.75) is 31.9 Å². The zero-order valence-corrected chi connectivity index (χ0v) is 17.7. The molecule has 2 aliphatic heterocycles. The number of hydrogen-bond donors (Lipinski definition) is 1. The molecule has 3 aromatic rings. The molecule has 172 valence electrons. The lowest BCUT2D eigenvalue weighted by Gasteiger charge is -2.24. The molecule has 2 N–H and O–H groups in total. The SMILES string of the molecule is C[C@H]1OCc2c1c(N)nc1cc(F)c(C(=O)N(C)[C@@H]3COc4cc(C(F)(F)F)ccc43)cc21. The maximum Gasteiger partial charge on any atom is 0.416 e. The molecule has 0 spiro atoms. The Hall–Kier alpha value is -3.40. The number of amides is 1. The van der Waals surface area contributed by atoms with Crippen LogP contribution in [0.4, 0.5) is 23.4 Å². The third kappa shape index (κ3) is 3.36. The number of carbonyl (C=O) groups excluding carboxylic acids is 1. The summed E-state index contributed by atoms with van der Waals surface area (Å²) < 4.78 is 65.0. The van der Waals surface area contributed by atoms with Crippen LogP contribution in [0.5, 0.6) is 5.75 Å². The first-order valence-corrected chi connectivity index (χ1v) is 10.2. The van der Waals surface area contributed by atoms with E-state index in [1.54, 1.807) is 0 Å². The van der Waals surface area contributed by atoms with Crippen molar-refractivity contribution >= 4 is 22.6 Å². The smallest absolute Gasteiger partial charge is 0.416 e. The van der Waals surface area contributed by atoms with E-state index < -0.39 is 29.5 Å². The van der Waals surface area contributed by atoms with Gasteiger partial charge >= 0.3 is 6.18 Å². The summed E-state index contributed by atoms with van der Waals surface area (Å²) in [5.74, 6) is -1.09. The van der Waals surface area contributed by atoms with Crippen molar-refractivity contribution in [2.24, 2.45) is 0 Å². The number of hydrogen-bond acceptors (Lipinski definition) is 5. The summed E-state index contributed by atoms with van der Waals surface area (Å²) in [4.78, 5) is 18.8. The number of ether oxygens (including phenoxy) is 2. The minimum atomic E-state index is -4.51. The summed E-state index contributed by atoms with van der Waals surface area (Å²) >= 11 is 0. The molecule has 1 aromatic heterocycles. The fourth-order valence-electron chi connectivity index (χ4n) is 4.47. The number of anilines is 1. The van der Waals surface area contributed by atoms with E-state index >= 15 is 0 Å². The normalized spacial score (nSPS) is 19.3. The molecule has 33 heavy (non-hydrogen) atoms. The van der Waals surface area contributed by atoms with Crippen molar-refractivity contribution in [3.8, 4) is 5.75 Å². The van der Waals surface area contributed by atoms with Crippen LogP contribution in [-0.2, 0) is 17.5 Å². The Bertz CT molecular complexity index is 1310. The summed E-state index contributed by atoms with van der Waals surface area (Å²) in [6.07, 6.45) is -4.77. The van der Waals surface area contributed by atoms with E-state index in [0.717, 1.165) is 29.3 Å². The predicted molar refractivity (Wildman–Crippen MR) is 111 cm³/mol. The summed E-state index contributed by atoms with van der Waals surface area (Å²) in [5, 5.41) is 0.569. The minimum absolute atomic E-state index is 0.0348. The van der Waals surface area contributed by atoms with Crippen LogP contribution in [0.25, 0.3) is 10.9 Å². The van der Waals surface area contributed by atoms with Gasteiger partial charge in [-0.05, 0) is 30.7 Å². The monoisotopic (exact) mass is 461 g/mol. The molecule has 6 nitrogen and oxygen atoms in total. The quantitative estimate of drug-likeness (QED) is 0.557. The number of carbonyl (C=O) groups is 1. The lowest BCUT2D eigenvalue weighted by molar-refractivity contribution is -0.137. The summed E-state index contributed by atoms with van der Waals surface area (Å²) in [6.45, 7) is 2.06. The third-order valence-corrected chi connectivity index (χ3v) is 6.25. The Kier molecular flexibility index (Phi) is 4.75. The lowest BCUT2D eigenvalue weighted by atomic mass is 9.99. The minimum Gasteiger partial charge on any atom is -0.491 e. The van der Waals surface area contributed by atoms with Gasteiger partial charge in [-0.2, -0.15) is 13.2 Å². The molecule has 1 amide bonds. The highest BCUT2D eigenvalue weighted by Crippen LogP contribution is 2.41. The van der Waals surface area contributed by atoms with Crippen LogP contribution < -0.4 is 10.5 Å². The number of fused-ring (bicyclic) bond motifs is 4. The van der Waals surface area contributed by atoms with Gasteiger partial charge in [-0.15, -0.1) is 0 Å². The van der Waals surface area contributed by atoms with Crippen LogP contribution in [0.1, 0.15) is 51.7 Å². The number of benzene rings is 2. The number of likely N-dealkylation sites (N-methyl/N-ethyl adjacent to an activating group) is 1. The van der Waals surface area contributed by atoms with Crippen LogP contribution in [0.15, 0.2) is 30.3 Å². The second kappa shape index (κ2) is 7.31. The number of alkyl halides is 3. The van der Waals surface area contributed by atoms with Crippen LogP contribution in [0.3, 0.4) is 0 Å². The molecule has 5 rings (SSSR count). The van der Waals surface area contributed by atoms with E-state index in [0.29, 0.717) is 16.5 Å². The van der Waals surface area contributed by atoms with Crippen LogP contribution in [0.2, 0.25) is 0 Å². The highest BCUT2D eigenvalue weighted by molar-refractivity contribution is 5.99. The van der Waals surface area contributed by atoms with Crippen LogP contribution in [-0.4, -0.2) is 29.4 Å². The summed E-state index contributed by atoms with van der Waals surface area (Å²) in [5.41, 5.74) is 7.22. The molecule has 0 radical (unpaired) electrons. The summed E-state index contributed by atoms with van der Waals surface area (Å²) in [7, 11) is 1.46. The average molecular weight is 461 g/mol. The largest absolute Gasteiger partial charge is 0.491 e. The standard InChI is InChI=1S/C23H19F4N3O3/c1-10-20-15(8-32-10)13-6-14(16(24)7-17(13)29-21(20)28)22(31)30(2)18-9-33-19-5-11(23(25,26)27)3-4-12(18)19/h3-7,10,18H,8-9H2,1-2H3,(H2,28,29)/t10-,18-/m1/s1. The number of pyridine rings is 1. The van der Waals surface area contributed by atoms with E-state index in [9.17, 15) is 22.4 Å². The van der Waals surface area contributed by atoms with Crippen molar-refractivity contribution in [3.63, 3.8) is 0 Å². The maximum atomic E-state index is 14.9.